The van der Waals surface area contributed by atoms with Crippen LogP contribution >= 0.6 is 11.8 Å². The van der Waals surface area contributed by atoms with Gasteiger partial charge >= 0.3 is 0 Å². The van der Waals surface area contributed by atoms with Gasteiger partial charge in [0.15, 0.2) is 5.16 Å². The summed E-state index contributed by atoms with van der Waals surface area (Å²) in [6.07, 6.45) is 5.02. The van der Waals surface area contributed by atoms with Crippen LogP contribution in [0.4, 0.5) is 0 Å². The Hall–Kier alpha value is -0.480. The summed E-state index contributed by atoms with van der Waals surface area (Å²) < 4.78 is 2.06. The molecule has 3 nitrogen and oxygen atoms in total. The van der Waals surface area contributed by atoms with Crippen LogP contribution in [-0.2, 0) is 7.05 Å². The molecule has 0 fully saturated rings. The van der Waals surface area contributed by atoms with Crippen molar-refractivity contribution in [3.05, 3.63) is 12.4 Å². The number of imidazole rings is 1. The minimum Gasteiger partial charge on any atom is -0.329 e. The van der Waals surface area contributed by atoms with E-state index in [9.17, 15) is 0 Å². The molecule has 0 radical (unpaired) electrons. The fourth-order valence-electron chi connectivity index (χ4n) is 1.27. The van der Waals surface area contributed by atoms with Crippen LogP contribution < -0.4 is 5.32 Å². The van der Waals surface area contributed by atoms with Crippen molar-refractivity contribution < 1.29 is 0 Å². The minimum absolute atomic E-state index is 0.520. The number of nitrogens with zero attached hydrogens (tertiary/aromatic N) is 2. The lowest BCUT2D eigenvalue weighted by atomic mass is 10.2. The zero-order valence-corrected chi connectivity index (χ0v) is 10.8. The maximum absolute atomic E-state index is 4.32. The highest BCUT2D eigenvalue weighted by atomic mass is 32.2. The molecular formula is C11H21N3S. The Labute approximate surface area is 96.7 Å². The molecule has 2 atom stereocenters. The first kappa shape index (κ1) is 12.6. The van der Waals surface area contributed by atoms with E-state index in [0.29, 0.717) is 11.3 Å². The van der Waals surface area contributed by atoms with E-state index in [-0.39, 0.29) is 0 Å². The third kappa shape index (κ3) is 3.87. The maximum atomic E-state index is 4.32. The lowest BCUT2D eigenvalue weighted by Gasteiger charge is -2.20. The largest absolute Gasteiger partial charge is 0.329 e. The molecule has 0 spiro atoms. The summed E-state index contributed by atoms with van der Waals surface area (Å²) in [5, 5.41) is 5.14. The van der Waals surface area contributed by atoms with Crippen LogP contribution in [0.1, 0.15) is 27.2 Å². The molecule has 4 heteroatoms. The van der Waals surface area contributed by atoms with Crippen molar-refractivity contribution in [1.29, 1.82) is 0 Å². The summed E-state index contributed by atoms with van der Waals surface area (Å²) in [6.45, 7) is 7.76. The topological polar surface area (TPSA) is 29.9 Å². The van der Waals surface area contributed by atoms with E-state index in [4.69, 9.17) is 0 Å². The van der Waals surface area contributed by atoms with Gasteiger partial charge in [-0.25, -0.2) is 4.98 Å². The molecule has 1 heterocycles. The fraction of sp³-hybridized carbons (Fsp3) is 0.727. The Morgan fingerprint density at radius 1 is 1.53 bits per heavy atom. The maximum Gasteiger partial charge on any atom is 0.167 e. The summed E-state index contributed by atoms with van der Waals surface area (Å²) in [4.78, 5) is 4.32. The first-order valence-electron chi connectivity index (χ1n) is 5.52. The Morgan fingerprint density at radius 3 is 2.80 bits per heavy atom. The predicted molar refractivity (Wildman–Crippen MR) is 66.3 cm³/mol. The van der Waals surface area contributed by atoms with Gasteiger partial charge in [0.1, 0.15) is 0 Å². The van der Waals surface area contributed by atoms with Crippen molar-refractivity contribution >= 4 is 11.8 Å². The normalized spacial score (nSPS) is 15.2. The fourth-order valence-corrected chi connectivity index (χ4v) is 2.25. The highest BCUT2D eigenvalue weighted by molar-refractivity contribution is 7.99. The number of hydrogen-bond acceptors (Lipinski definition) is 3. The van der Waals surface area contributed by atoms with E-state index in [1.54, 1.807) is 0 Å². The first-order chi connectivity index (χ1) is 7.15. The standard InChI is InChI=1S/C11H21N3S/c1-5-6-12-9(2)10(3)15-11-13-7-8-14(11)4/h7-10,12H,5-6H2,1-4H3. The summed E-state index contributed by atoms with van der Waals surface area (Å²) in [7, 11) is 2.03. The molecule has 15 heavy (non-hydrogen) atoms. The van der Waals surface area contributed by atoms with Crippen LogP contribution in [0.5, 0.6) is 0 Å². The second-order valence-corrected chi connectivity index (χ2v) is 5.23. The van der Waals surface area contributed by atoms with Gasteiger partial charge < -0.3 is 9.88 Å². The lowest BCUT2D eigenvalue weighted by Crippen LogP contribution is -2.34. The second-order valence-electron chi connectivity index (χ2n) is 3.89. The summed E-state index contributed by atoms with van der Waals surface area (Å²) >= 11 is 1.82. The lowest BCUT2D eigenvalue weighted by molar-refractivity contribution is 0.541. The van der Waals surface area contributed by atoms with Gasteiger partial charge in [0.05, 0.1) is 0 Å². The monoisotopic (exact) mass is 227 g/mol. The van der Waals surface area contributed by atoms with Crippen LogP contribution in [-0.4, -0.2) is 27.4 Å². The minimum atomic E-state index is 0.520. The average molecular weight is 227 g/mol. The van der Waals surface area contributed by atoms with Gasteiger partial charge in [-0.2, -0.15) is 0 Å². The molecule has 1 aromatic rings. The van der Waals surface area contributed by atoms with Crippen LogP contribution in [0, 0.1) is 0 Å². The number of aryl methyl sites for hydroxylation is 1. The third-order valence-electron chi connectivity index (χ3n) is 2.49. The molecule has 0 saturated carbocycles. The van der Waals surface area contributed by atoms with Crippen LogP contribution in [0.15, 0.2) is 17.6 Å². The quantitative estimate of drug-likeness (QED) is 0.756. The van der Waals surface area contributed by atoms with E-state index in [1.165, 1.54) is 6.42 Å². The van der Waals surface area contributed by atoms with Crippen LogP contribution in [0.25, 0.3) is 0 Å². The zero-order chi connectivity index (χ0) is 11.3. The van der Waals surface area contributed by atoms with Crippen LogP contribution in [0.3, 0.4) is 0 Å². The van der Waals surface area contributed by atoms with Crippen molar-refractivity contribution in [2.75, 3.05) is 6.54 Å². The van der Waals surface area contributed by atoms with Gasteiger partial charge in [0.25, 0.3) is 0 Å². The summed E-state index contributed by atoms with van der Waals surface area (Å²) in [6, 6.07) is 0.520. The van der Waals surface area contributed by atoms with E-state index in [1.807, 2.05) is 31.2 Å². The number of hydrogen-bond donors (Lipinski definition) is 1. The number of nitrogens with one attached hydrogen (secondary N) is 1. The first-order valence-corrected chi connectivity index (χ1v) is 6.40. The van der Waals surface area contributed by atoms with E-state index < -0.39 is 0 Å². The molecule has 0 amide bonds. The Morgan fingerprint density at radius 2 is 2.27 bits per heavy atom. The average Bonchev–Trinajstić information content (AvgIpc) is 2.61. The molecular weight excluding hydrogens is 206 g/mol. The Bertz CT molecular complexity index is 285. The molecule has 0 saturated heterocycles. The van der Waals surface area contributed by atoms with Gasteiger partial charge in [0, 0.05) is 30.7 Å². The van der Waals surface area contributed by atoms with Crippen molar-refractivity contribution in [1.82, 2.24) is 14.9 Å². The van der Waals surface area contributed by atoms with Gasteiger partial charge in [0.2, 0.25) is 0 Å². The summed E-state index contributed by atoms with van der Waals surface area (Å²) in [5.74, 6) is 0. The number of aromatic nitrogens is 2. The molecule has 0 aliphatic carbocycles. The third-order valence-corrected chi connectivity index (χ3v) is 3.87. The zero-order valence-electron chi connectivity index (χ0n) is 10.0. The number of rotatable bonds is 6. The van der Waals surface area contributed by atoms with Gasteiger partial charge in [-0.05, 0) is 19.9 Å². The van der Waals surface area contributed by atoms with Crippen molar-refractivity contribution in [3.8, 4) is 0 Å². The molecule has 0 aromatic carbocycles. The Kier molecular flexibility index (Phi) is 5.19. The van der Waals surface area contributed by atoms with E-state index >= 15 is 0 Å². The molecule has 0 aliphatic rings. The van der Waals surface area contributed by atoms with Gasteiger partial charge in [-0.3, -0.25) is 0 Å². The van der Waals surface area contributed by atoms with Crippen molar-refractivity contribution in [3.63, 3.8) is 0 Å². The molecule has 0 aliphatic heterocycles. The second kappa shape index (κ2) is 6.18. The summed E-state index contributed by atoms with van der Waals surface area (Å²) in [5.41, 5.74) is 0. The smallest absolute Gasteiger partial charge is 0.167 e. The van der Waals surface area contributed by atoms with Crippen molar-refractivity contribution in [2.45, 2.75) is 43.6 Å². The highest BCUT2D eigenvalue weighted by Gasteiger charge is 2.14. The molecule has 1 aromatic heterocycles. The molecule has 86 valence electrons. The van der Waals surface area contributed by atoms with Crippen LogP contribution in [0.2, 0.25) is 0 Å². The number of thioether (sulfide) groups is 1. The van der Waals surface area contributed by atoms with E-state index in [2.05, 4.69) is 35.6 Å². The molecule has 1 rings (SSSR count). The molecule has 1 N–H and O–H groups in total. The van der Waals surface area contributed by atoms with Crippen molar-refractivity contribution in [2.24, 2.45) is 7.05 Å². The SMILES string of the molecule is CCCNC(C)C(C)Sc1nccn1C. The van der Waals surface area contributed by atoms with Gasteiger partial charge in [-0.1, -0.05) is 25.6 Å². The van der Waals surface area contributed by atoms with E-state index in [0.717, 1.165) is 11.7 Å². The van der Waals surface area contributed by atoms with Gasteiger partial charge in [-0.15, -0.1) is 0 Å². The predicted octanol–water partition coefficient (Wildman–Crippen LogP) is 2.29. The Balaban J connectivity index is 2.41. The molecule has 0 bridgehead atoms. The molecule has 2 unspecified atom stereocenters. The highest BCUT2D eigenvalue weighted by Crippen LogP contribution is 2.22.